The van der Waals surface area contributed by atoms with E-state index in [4.69, 9.17) is 0 Å². The lowest BCUT2D eigenvalue weighted by Gasteiger charge is -2.12. The number of benzene rings is 2. The molecule has 0 aliphatic carbocycles. The molecular formula is C16H15BrO2S. The Morgan fingerprint density at radius 3 is 2.30 bits per heavy atom. The van der Waals surface area contributed by atoms with Gasteiger partial charge < -0.3 is 0 Å². The van der Waals surface area contributed by atoms with E-state index in [0.717, 1.165) is 10.0 Å². The van der Waals surface area contributed by atoms with Gasteiger partial charge >= 0.3 is 0 Å². The summed E-state index contributed by atoms with van der Waals surface area (Å²) in [5.74, 6) is -0.0981. The minimum atomic E-state index is -1.37. The van der Waals surface area contributed by atoms with Crippen molar-refractivity contribution in [1.29, 1.82) is 0 Å². The zero-order valence-corrected chi connectivity index (χ0v) is 13.7. The molecule has 2 rings (SSSR count). The number of carbonyl (C=O) groups excluding carboxylic acids is 1. The summed E-state index contributed by atoms with van der Waals surface area (Å²) < 4.78 is 13.3. The van der Waals surface area contributed by atoms with E-state index in [1.54, 1.807) is 25.1 Å². The first-order valence-corrected chi connectivity index (χ1v) is 8.27. The summed E-state index contributed by atoms with van der Waals surface area (Å²) in [4.78, 5) is 13.0. The van der Waals surface area contributed by atoms with Crippen molar-refractivity contribution >= 4 is 32.5 Å². The van der Waals surface area contributed by atoms with Crippen LogP contribution in [-0.4, -0.2) is 15.2 Å². The molecule has 0 bridgehead atoms. The Morgan fingerprint density at radius 2 is 1.70 bits per heavy atom. The largest absolute Gasteiger partial charge is 0.293 e. The Hall–Kier alpha value is -1.26. The first kappa shape index (κ1) is 15.1. The average Bonchev–Trinajstić information content (AvgIpc) is 2.46. The van der Waals surface area contributed by atoms with Crippen LogP contribution in [-0.2, 0) is 10.8 Å². The van der Waals surface area contributed by atoms with E-state index in [0.29, 0.717) is 10.5 Å². The number of Topliss-reactive ketones (excluding diaryl/α,β-unsaturated/α-hetero) is 1. The van der Waals surface area contributed by atoms with Crippen molar-refractivity contribution < 1.29 is 9.00 Å². The van der Waals surface area contributed by atoms with Crippen LogP contribution in [0.5, 0.6) is 0 Å². The molecule has 2 nitrogen and oxygen atoms in total. The number of ketones is 1. The fraction of sp³-hybridized carbons (Fsp3) is 0.188. The van der Waals surface area contributed by atoms with Crippen LogP contribution in [0, 0.1) is 6.92 Å². The SMILES string of the molecule is Cc1ccc(C(=O)C(C)S(=O)c2ccccc2Br)cc1. The molecule has 0 heterocycles. The molecule has 104 valence electrons. The topological polar surface area (TPSA) is 34.1 Å². The van der Waals surface area contributed by atoms with Crippen LogP contribution in [0.25, 0.3) is 0 Å². The maximum absolute atomic E-state index is 12.5. The number of carbonyl (C=O) groups is 1. The van der Waals surface area contributed by atoms with Gasteiger partial charge in [0.1, 0.15) is 0 Å². The summed E-state index contributed by atoms with van der Waals surface area (Å²) in [5, 5.41) is -0.573. The molecule has 2 atom stereocenters. The molecule has 0 spiro atoms. The highest BCUT2D eigenvalue weighted by atomic mass is 79.9. The molecule has 0 saturated carbocycles. The van der Waals surface area contributed by atoms with Gasteiger partial charge in [-0.15, -0.1) is 0 Å². The van der Waals surface area contributed by atoms with E-state index in [9.17, 15) is 9.00 Å². The van der Waals surface area contributed by atoms with Gasteiger partial charge in [0.25, 0.3) is 0 Å². The molecule has 4 heteroatoms. The monoisotopic (exact) mass is 350 g/mol. The Morgan fingerprint density at radius 1 is 1.10 bits per heavy atom. The molecular weight excluding hydrogens is 336 g/mol. The fourth-order valence-corrected chi connectivity index (χ4v) is 3.80. The highest BCUT2D eigenvalue weighted by molar-refractivity contribution is 9.10. The molecule has 2 aromatic rings. The average molecular weight is 351 g/mol. The molecule has 2 unspecified atom stereocenters. The fourth-order valence-electron chi connectivity index (χ4n) is 1.85. The van der Waals surface area contributed by atoms with Crippen LogP contribution in [0.3, 0.4) is 0 Å². The van der Waals surface area contributed by atoms with Gasteiger partial charge in [0.05, 0.1) is 20.9 Å². The normalized spacial score (nSPS) is 13.8. The second-order valence-corrected chi connectivity index (χ2v) is 7.20. The lowest BCUT2D eigenvalue weighted by Crippen LogP contribution is -2.23. The quantitative estimate of drug-likeness (QED) is 0.776. The predicted octanol–water partition coefficient (Wildman–Crippen LogP) is 4.14. The van der Waals surface area contributed by atoms with E-state index in [1.165, 1.54) is 0 Å². The molecule has 0 radical (unpaired) electrons. The smallest absolute Gasteiger partial charge is 0.178 e. The summed E-state index contributed by atoms with van der Waals surface area (Å²) in [6.45, 7) is 3.68. The number of hydrogen-bond acceptors (Lipinski definition) is 2. The molecule has 0 fully saturated rings. The zero-order valence-electron chi connectivity index (χ0n) is 11.3. The van der Waals surface area contributed by atoms with Gasteiger partial charge in [-0.2, -0.15) is 0 Å². The van der Waals surface area contributed by atoms with Crippen molar-refractivity contribution in [1.82, 2.24) is 0 Å². The van der Waals surface area contributed by atoms with Crippen LogP contribution in [0.4, 0.5) is 0 Å². The number of aryl methyl sites for hydroxylation is 1. The van der Waals surface area contributed by atoms with Crippen LogP contribution in [0.2, 0.25) is 0 Å². The molecule has 20 heavy (non-hydrogen) atoms. The first-order valence-electron chi connectivity index (χ1n) is 6.26. The predicted molar refractivity (Wildman–Crippen MR) is 85.5 cm³/mol. The van der Waals surface area contributed by atoms with Gasteiger partial charge in [-0.05, 0) is 41.9 Å². The van der Waals surface area contributed by atoms with Crippen molar-refractivity contribution in [3.8, 4) is 0 Å². The standard InChI is InChI=1S/C16H15BrO2S/c1-11-7-9-13(10-8-11)16(18)12(2)20(19)15-6-4-3-5-14(15)17/h3-10,12H,1-2H3. The molecule has 0 N–H and O–H groups in total. The molecule has 0 aliphatic rings. The Labute approximate surface area is 129 Å². The van der Waals surface area contributed by atoms with Crippen molar-refractivity contribution in [3.05, 3.63) is 64.1 Å². The van der Waals surface area contributed by atoms with Gasteiger partial charge in [0, 0.05) is 10.0 Å². The van der Waals surface area contributed by atoms with Crippen LogP contribution >= 0.6 is 15.9 Å². The summed E-state index contributed by atoms with van der Waals surface area (Å²) in [5.41, 5.74) is 1.70. The molecule has 2 aromatic carbocycles. The molecule has 0 aliphatic heterocycles. The van der Waals surface area contributed by atoms with Gasteiger partial charge in [-0.3, -0.25) is 9.00 Å². The Kier molecular flexibility index (Phi) is 4.89. The van der Waals surface area contributed by atoms with E-state index in [2.05, 4.69) is 15.9 Å². The van der Waals surface area contributed by atoms with Crippen molar-refractivity contribution in [3.63, 3.8) is 0 Å². The maximum Gasteiger partial charge on any atom is 0.178 e. The highest BCUT2D eigenvalue weighted by Crippen LogP contribution is 2.23. The van der Waals surface area contributed by atoms with E-state index < -0.39 is 16.0 Å². The maximum atomic E-state index is 12.5. The van der Waals surface area contributed by atoms with Gasteiger partial charge in [-0.25, -0.2) is 0 Å². The summed E-state index contributed by atoms with van der Waals surface area (Å²) >= 11 is 3.38. The third-order valence-electron chi connectivity index (χ3n) is 3.08. The van der Waals surface area contributed by atoms with Crippen molar-refractivity contribution in [2.24, 2.45) is 0 Å². The lowest BCUT2D eigenvalue weighted by atomic mass is 10.1. The number of halogens is 1. The third-order valence-corrected chi connectivity index (χ3v) is 5.68. The zero-order chi connectivity index (χ0) is 14.7. The number of rotatable bonds is 4. The van der Waals surface area contributed by atoms with Crippen LogP contribution in [0.15, 0.2) is 57.9 Å². The van der Waals surface area contributed by atoms with Gasteiger partial charge in [0.15, 0.2) is 5.78 Å². The Bertz CT molecular complexity index is 650. The minimum Gasteiger partial charge on any atom is -0.293 e. The summed E-state index contributed by atoms with van der Waals surface area (Å²) in [7, 11) is -1.37. The summed E-state index contributed by atoms with van der Waals surface area (Å²) in [6, 6.07) is 14.6. The second kappa shape index (κ2) is 6.46. The Balaban J connectivity index is 2.25. The van der Waals surface area contributed by atoms with Crippen LogP contribution < -0.4 is 0 Å². The second-order valence-electron chi connectivity index (χ2n) is 4.60. The minimum absolute atomic E-state index is 0.0981. The van der Waals surface area contributed by atoms with Gasteiger partial charge in [0.2, 0.25) is 0 Å². The van der Waals surface area contributed by atoms with Crippen molar-refractivity contribution in [2.75, 3.05) is 0 Å². The summed E-state index contributed by atoms with van der Waals surface area (Å²) in [6.07, 6.45) is 0. The highest BCUT2D eigenvalue weighted by Gasteiger charge is 2.23. The first-order chi connectivity index (χ1) is 9.50. The third kappa shape index (κ3) is 3.25. The molecule has 0 amide bonds. The van der Waals surface area contributed by atoms with Crippen LogP contribution in [0.1, 0.15) is 22.8 Å². The lowest BCUT2D eigenvalue weighted by molar-refractivity contribution is 0.0992. The van der Waals surface area contributed by atoms with E-state index in [1.807, 2.05) is 37.3 Å². The van der Waals surface area contributed by atoms with Crippen molar-refractivity contribution in [2.45, 2.75) is 24.0 Å². The molecule has 0 saturated heterocycles. The number of hydrogen-bond donors (Lipinski definition) is 0. The van der Waals surface area contributed by atoms with Gasteiger partial charge in [-0.1, -0.05) is 42.0 Å². The molecule has 0 aromatic heterocycles. The van der Waals surface area contributed by atoms with E-state index in [-0.39, 0.29) is 5.78 Å². The van der Waals surface area contributed by atoms with E-state index >= 15 is 0 Å².